The van der Waals surface area contributed by atoms with Gasteiger partial charge in [-0.15, -0.1) is 22.9 Å². The summed E-state index contributed by atoms with van der Waals surface area (Å²) < 4.78 is 0. The van der Waals surface area contributed by atoms with Crippen LogP contribution in [0.2, 0.25) is 15.1 Å². The van der Waals surface area contributed by atoms with E-state index in [0.29, 0.717) is 31.5 Å². The molecule has 0 spiro atoms. The molecule has 0 bridgehead atoms. The quantitative estimate of drug-likeness (QED) is 0.373. The van der Waals surface area contributed by atoms with Gasteiger partial charge in [0.1, 0.15) is 11.4 Å². The average molecular weight is 357 g/mol. The molecule has 0 aliphatic heterocycles. The second kappa shape index (κ2) is 5.89. The Balaban J connectivity index is 2.08. The number of benzene rings is 2. The van der Waals surface area contributed by atoms with Crippen molar-refractivity contribution in [2.75, 3.05) is 0 Å². The zero-order valence-electron chi connectivity index (χ0n) is 10.4. The highest BCUT2D eigenvalue weighted by atomic mass is 35.5. The second-order valence-corrected chi connectivity index (χ2v) is 5.98. The molecule has 7 heteroatoms. The van der Waals surface area contributed by atoms with Crippen molar-refractivity contribution in [3.8, 4) is 0 Å². The molecular weight excluding hydrogens is 349 g/mol. The van der Waals surface area contributed by atoms with Crippen LogP contribution in [-0.2, 0) is 0 Å². The summed E-state index contributed by atoms with van der Waals surface area (Å²) in [5.41, 5.74) is 1.95. The van der Waals surface area contributed by atoms with Crippen LogP contribution in [0.1, 0.15) is 0 Å². The Kier molecular flexibility index (Phi) is 4.13. The Labute approximate surface area is 141 Å². The summed E-state index contributed by atoms with van der Waals surface area (Å²) in [5.74, 6) is 0. The van der Waals surface area contributed by atoms with E-state index in [0.717, 1.165) is 10.9 Å². The van der Waals surface area contributed by atoms with E-state index in [4.69, 9.17) is 34.8 Å². The fraction of sp³-hybridized carbons (Fsp3) is 0. The topological polar surface area (TPSA) is 40.5 Å². The van der Waals surface area contributed by atoms with Crippen molar-refractivity contribution in [1.29, 1.82) is 0 Å². The molecule has 0 fully saturated rings. The van der Waals surface area contributed by atoms with E-state index in [1.807, 2.05) is 24.3 Å². The number of nitrogens with zero attached hydrogens (tertiary/aromatic N) is 2. The fourth-order valence-electron chi connectivity index (χ4n) is 1.94. The van der Waals surface area contributed by atoms with Crippen LogP contribution in [-0.4, -0.2) is 4.98 Å². The second-order valence-electron chi connectivity index (χ2n) is 4.29. The molecule has 21 heavy (non-hydrogen) atoms. The third-order valence-corrected chi connectivity index (χ3v) is 4.01. The molecule has 106 valence electrons. The van der Waals surface area contributed by atoms with Crippen LogP contribution in [0.5, 0.6) is 0 Å². The van der Waals surface area contributed by atoms with Crippen molar-refractivity contribution in [3.05, 3.63) is 51.5 Å². The van der Waals surface area contributed by atoms with Gasteiger partial charge in [-0.3, -0.25) is 0 Å². The highest BCUT2D eigenvalue weighted by molar-refractivity contribution is 7.80. The molecule has 2 aromatic carbocycles. The first-order valence-electron chi connectivity index (χ1n) is 5.92. The van der Waals surface area contributed by atoms with Gasteiger partial charge in [0.15, 0.2) is 0 Å². The van der Waals surface area contributed by atoms with Crippen LogP contribution in [0.3, 0.4) is 0 Å². The van der Waals surface area contributed by atoms with Crippen molar-refractivity contribution in [3.63, 3.8) is 0 Å². The monoisotopic (exact) mass is 355 g/mol. The van der Waals surface area contributed by atoms with E-state index in [2.05, 4.69) is 27.8 Å². The zero-order valence-corrected chi connectivity index (χ0v) is 13.6. The van der Waals surface area contributed by atoms with Gasteiger partial charge in [-0.25, -0.2) is 0 Å². The minimum Gasteiger partial charge on any atom is -0.348 e. The van der Waals surface area contributed by atoms with Crippen LogP contribution < -0.4 is 0 Å². The van der Waals surface area contributed by atoms with Gasteiger partial charge in [0.05, 0.1) is 15.1 Å². The minimum absolute atomic E-state index is 0.344. The number of H-pyrrole nitrogens is 1. The molecule has 0 unspecified atom stereocenters. The molecule has 3 rings (SSSR count). The van der Waals surface area contributed by atoms with Crippen LogP contribution in [0.4, 0.5) is 11.4 Å². The number of nitrogens with one attached hydrogen (secondary N) is 1. The Morgan fingerprint density at radius 1 is 0.905 bits per heavy atom. The maximum atomic E-state index is 6.08. The molecule has 3 aromatic rings. The first-order chi connectivity index (χ1) is 10.1. The Hall–Kier alpha value is -1.20. The number of aromatic nitrogens is 1. The zero-order chi connectivity index (χ0) is 15.0. The summed E-state index contributed by atoms with van der Waals surface area (Å²) in [4.78, 5) is 3.13. The van der Waals surface area contributed by atoms with E-state index < -0.39 is 0 Å². The number of fused-ring (bicyclic) bond motifs is 1. The summed E-state index contributed by atoms with van der Waals surface area (Å²) in [6.45, 7) is 0. The predicted molar refractivity (Wildman–Crippen MR) is 91.2 cm³/mol. The van der Waals surface area contributed by atoms with Crippen LogP contribution >= 0.6 is 47.4 Å². The lowest BCUT2D eigenvalue weighted by atomic mass is 10.2. The SMILES string of the molecule is Sc1[nH]c2ccccc2c1N=Nc1c(Cl)cc(Cl)cc1Cl. The summed E-state index contributed by atoms with van der Waals surface area (Å²) in [7, 11) is 0. The number of hydrogen-bond donors (Lipinski definition) is 2. The number of aromatic amines is 1. The maximum Gasteiger partial charge on any atom is 0.125 e. The normalized spacial score (nSPS) is 11.6. The third kappa shape index (κ3) is 2.90. The molecule has 0 radical (unpaired) electrons. The van der Waals surface area contributed by atoms with Crippen LogP contribution in [0.25, 0.3) is 10.9 Å². The van der Waals surface area contributed by atoms with Gasteiger partial charge < -0.3 is 4.98 Å². The molecule has 0 saturated carbocycles. The van der Waals surface area contributed by atoms with E-state index in [1.165, 1.54) is 0 Å². The maximum absolute atomic E-state index is 6.08. The highest BCUT2D eigenvalue weighted by Gasteiger charge is 2.10. The summed E-state index contributed by atoms with van der Waals surface area (Å²) >= 11 is 22.4. The average Bonchev–Trinajstić information content (AvgIpc) is 2.73. The number of hydrogen-bond acceptors (Lipinski definition) is 3. The van der Waals surface area contributed by atoms with Crippen molar-refractivity contribution in [2.24, 2.45) is 10.2 Å². The van der Waals surface area contributed by atoms with Gasteiger partial charge in [0, 0.05) is 15.9 Å². The molecule has 0 atom stereocenters. The predicted octanol–water partition coefficient (Wildman–Crippen LogP) is 6.83. The van der Waals surface area contributed by atoms with E-state index >= 15 is 0 Å². The van der Waals surface area contributed by atoms with Gasteiger partial charge in [0.2, 0.25) is 0 Å². The molecule has 1 aromatic heterocycles. The standard InChI is InChI=1S/C14H8Cl3N3S/c15-7-5-9(16)13(10(17)6-7)20-19-12-8-3-1-2-4-11(8)18-14(12)21/h1-6,18,21H. The van der Waals surface area contributed by atoms with Gasteiger partial charge in [-0.2, -0.15) is 0 Å². The largest absolute Gasteiger partial charge is 0.348 e. The van der Waals surface area contributed by atoms with E-state index in [-0.39, 0.29) is 0 Å². The number of para-hydroxylation sites is 1. The number of thiol groups is 1. The molecule has 0 aliphatic rings. The number of halogens is 3. The molecule has 1 heterocycles. The van der Waals surface area contributed by atoms with E-state index in [9.17, 15) is 0 Å². The van der Waals surface area contributed by atoms with Gasteiger partial charge >= 0.3 is 0 Å². The summed E-state index contributed by atoms with van der Waals surface area (Å²) in [5, 5.41) is 11.0. The summed E-state index contributed by atoms with van der Waals surface area (Å²) in [6, 6.07) is 10.9. The molecule has 0 saturated heterocycles. The van der Waals surface area contributed by atoms with Crippen molar-refractivity contribution < 1.29 is 0 Å². The summed E-state index contributed by atoms with van der Waals surface area (Å²) in [6.07, 6.45) is 0. The van der Waals surface area contributed by atoms with Crippen molar-refractivity contribution in [1.82, 2.24) is 4.98 Å². The first-order valence-corrected chi connectivity index (χ1v) is 7.50. The number of rotatable bonds is 2. The Morgan fingerprint density at radius 3 is 2.24 bits per heavy atom. The minimum atomic E-state index is 0.344. The fourth-order valence-corrected chi connectivity index (χ4v) is 3.12. The van der Waals surface area contributed by atoms with E-state index in [1.54, 1.807) is 12.1 Å². The lowest BCUT2D eigenvalue weighted by Gasteiger charge is -2.01. The Morgan fingerprint density at radius 2 is 1.52 bits per heavy atom. The molecule has 0 aliphatic carbocycles. The smallest absolute Gasteiger partial charge is 0.125 e. The number of azo groups is 1. The first kappa shape index (κ1) is 14.7. The van der Waals surface area contributed by atoms with Gasteiger partial charge in [-0.1, -0.05) is 53.0 Å². The molecular formula is C14H8Cl3N3S. The molecule has 3 nitrogen and oxygen atoms in total. The van der Waals surface area contributed by atoms with Crippen LogP contribution in [0, 0.1) is 0 Å². The highest BCUT2D eigenvalue weighted by Crippen LogP contribution is 2.39. The Bertz CT molecular complexity index is 835. The van der Waals surface area contributed by atoms with Crippen LogP contribution in [0.15, 0.2) is 51.7 Å². The molecule has 1 N–H and O–H groups in total. The third-order valence-electron chi connectivity index (χ3n) is 2.89. The van der Waals surface area contributed by atoms with Crippen molar-refractivity contribution >= 4 is 69.7 Å². The van der Waals surface area contributed by atoms with Crippen molar-refractivity contribution in [2.45, 2.75) is 5.03 Å². The lowest BCUT2D eigenvalue weighted by molar-refractivity contribution is 1.16. The van der Waals surface area contributed by atoms with Gasteiger partial charge in [0.25, 0.3) is 0 Å². The van der Waals surface area contributed by atoms with Gasteiger partial charge in [-0.05, 0) is 18.2 Å². The molecule has 0 amide bonds. The lowest BCUT2D eigenvalue weighted by Crippen LogP contribution is -1.72.